The lowest BCUT2D eigenvalue weighted by atomic mass is 10.2. The van der Waals surface area contributed by atoms with Crippen molar-refractivity contribution in [3.63, 3.8) is 0 Å². The van der Waals surface area contributed by atoms with Gasteiger partial charge in [-0.2, -0.15) is 10.2 Å². The number of hydrogen-bond donors (Lipinski definition) is 0. The average Bonchev–Trinajstić information content (AvgIpc) is 2.67. The van der Waals surface area contributed by atoms with Gasteiger partial charge in [-0.25, -0.2) is 0 Å². The Hall–Kier alpha value is -2.80. The van der Waals surface area contributed by atoms with Crippen LogP contribution in [0.4, 0.5) is 22.7 Å². The highest BCUT2D eigenvalue weighted by Gasteiger charge is 2.15. The summed E-state index contributed by atoms with van der Waals surface area (Å²) in [6, 6.07) is 14.0. The standard InChI is InChI=1S/C18H21N5O2/c1-2-21-11-13-22(14-12-21)17-7-3-15(4-8-17)19-20-16-5-9-18(10-6-16)23(24)25/h3-10H,2,11-14H2,1H3. The van der Waals surface area contributed by atoms with Crippen molar-refractivity contribution in [2.24, 2.45) is 10.2 Å². The highest BCUT2D eigenvalue weighted by Crippen LogP contribution is 2.24. The van der Waals surface area contributed by atoms with E-state index in [2.05, 4.69) is 39.1 Å². The van der Waals surface area contributed by atoms with E-state index in [9.17, 15) is 10.1 Å². The number of piperazine rings is 1. The smallest absolute Gasteiger partial charge is 0.269 e. The SMILES string of the molecule is CCN1CCN(c2ccc(N=Nc3ccc([N+](=O)[O-])cc3)cc2)CC1. The van der Waals surface area contributed by atoms with E-state index in [1.807, 2.05) is 12.1 Å². The molecule has 0 unspecified atom stereocenters. The van der Waals surface area contributed by atoms with Crippen LogP contribution in [0.3, 0.4) is 0 Å². The molecule has 0 radical (unpaired) electrons. The number of nitro benzene ring substituents is 1. The molecule has 3 rings (SSSR count). The molecule has 0 aliphatic carbocycles. The van der Waals surface area contributed by atoms with Gasteiger partial charge in [-0.3, -0.25) is 10.1 Å². The van der Waals surface area contributed by atoms with Gasteiger partial charge in [0, 0.05) is 44.0 Å². The highest BCUT2D eigenvalue weighted by atomic mass is 16.6. The average molecular weight is 339 g/mol. The van der Waals surface area contributed by atoms with Gasteiger partial charge in [0.2, 0.25) is 0 Å². The van der Waals surface area contributed by atoms with Crippen molar-refractivity contribution in [3.05, 3.63) is 58.6 Å². The molecule has 0 bridgehead atoms. The number of anilines is 1. The predicted octanol–water partition coefficient (Wildman–Crippen LogP) is 4.15. The van der Waals surface area contributed by atoms with Crippen LogP contribution in [0.25, 0.3) is 0 Å². The van der Waals surface area contributed by atoms with Crippen molar-refractivity contribution in [2.45, 2.75) is 6.92 Å². The highest BCUT2D eigenvalue weighted by molar-refractivity contribution is 5.53. The Morgan fingerprint density at radius 1 is 0.920 bits per heavy atom. The summed E-state index contributed by atoms with van der Waals surface area (Å²) in [4.78, 5) is 15.0. The molecular weight excluding hydrogens is 318 g/mol. The Kier molecular flexibility index (Phi) is 5.35. The molecule has 0 spiro atoms. The van der Waals surface area contributed by atoms with Crippen LogP contribution >= 0.6 is 0 Å². The fourth-order valence-corrected chi connectivity index (χ4v) is 2.81. The Bertz CT molecular complexity index is 735. The van der Waals surface area contributed by atoms with Gasteiger partial charge < -0.3 is 9.80 Å². The topological polar surface area (TPSA) is 74.3 Å². The number of azo groups is 1. The van der Waals surface area contributed by atoms with Gasteiger partial charge in [-0.1, -0.05) is 6.92 Å². The maximum absolute atomic E-state index is 10.6. The van der Waals surface area contributed by atoms with Crippen molar-refractivity contribution in [1.29, 1.82) is 0 Å². The molecule has 1 heterocycles. The first-order valence-electron chi connectivity index (χ1n) is 8.39. The number of nitrogens with zero attached hydrogens (tertiary/aromatic N) is 5. The van der Waals surface area contributed by atoms with Gasteiger partial charge in [-0.05, 0) is 42.9 Å². The van der Waals surface area contributed by atoms with Crippen LogP contribution in [0, 0.1) is 10.1 Å². The van der Waals surface area contributed by atoms with Crippen LogP contribution < -0.4 is 4.90 Å². The molecule has 1 fully saturated rings. The second-order valence-electron chi connectivity index (χ2n) is 5.91. The summed E-state index contributed by atoms with van der Waals surface area (Å²) in [5.41, 5.74) is 2.59. The zero-order valence-electron chi connectivity index (χ0n) is 14.2. The number of rotatable bonds is 5. The fourth-order valence-electron chi connectivity index (χ4n) is 2.81. The Labute approximate surface area is 146 Å². The zero-order chi connectivity index (χ0) is 17.6. The van der Waals surface area contributed by atoms with Crippen LogP contribution in [0.15, 0.2) is 58.8 Å². The van der Waals surface area contributed by atoms with E-state index < -0.39 is 4.92 Å². The lowest BCUT2D eigenvalue weighted by molar-refractivity contribution is -0.384. The van der Waals surface area contributed by atoms with E-state index in [1.54, 1.807) is 12.1 Å². The molecule has 130 valence electrons. The summed E-state index contributed by atoms with van der Waals surface area (Å²) in [5, 5.41) is 18.9. The van der Waals surface area contributed by atoms with E-state index in [-0.39, 0.29) is 5.69 Å². The van der Waals surface area contributed by atoms with Gasteiger partial charge in [-0.15, -0.1) is 0 Å². The predicted molar refractivity (Wildman–Crippen MR) is 98.0 cm³/mol. The van der Waals surface area contributed by atoms with Crippen LogP contribution in [-0.4, -0.2) is 42.5 Å². The quantitative estimate of drug-likeness (QED) is 0.466. The molecule has 0 saturated carbocycles. The molecule has 0 atom stereocenters. The van der Waals surface area contributed by atoms with Crippen LogP contribution in [0.2, 0.25) is 0 Å². The molecule has 7 nitrogen and oxygen atoms in total. The molecule has 2 aromatic rings. The normalized spacial score (nSPS) is 15.6. The lowest BCUT2D eigenvalue weighted by Crippen LogP contribution is -2.46. The van der Waals surface area contributed by atoms with Gasteiger partial charge in [0.05, 0.1) is 16.3 Å². The summed E-state index contributed by atoms with van der Waals surface area (Å²) < 4.78 is 0. The fraction of sp³-hybridized carbons (Fsp3) is 0.333. The molecule has 2 aromatic carbocycles. The number of nitro groups is 1. The first kappa shape index (κ1) is 17.0. The molecule has 1 aliphatic rings. The van der Waals surface area contributed by atoms with Gasteiger partial charge in [0.1, 0.15) is 0 Å². The molecule has 25 heavy (non-hydrogen) atoms. The molecular formula is C18H21N5O2. The second-order valence-corrected chi connectivity index (χ2v) is 5.91. The summed E-state index contributed by atoms with van der Waals surface area (Å²) in [6.07, 6.45) is 0. The molecule has 1 aliphatic heterocycles. The van der Waals surface area contributed by atoms with Gasteiger partial charge >= 0.3 is 0 Å². The first-order valence-corrected chi connectivity index (χ1v) is 8.39. The monoisotopic (exact) mass is 339 g/mol. The summed E-state index contributed by atoms with van der Waals surface area (Å²) >= 11 is 0. The third kappa shape index (κ3) is 4.39. The third-order valence-corrected chi connectivity index (χ3v) is 4.38. The maximum Gasteiger partial charge on any atom is 0.269 e. The second kappa shape index (κ2) is 7.85. The van der Waals surface area contributed by atoms with Crippen LogP contribution in [-0.2, 0) is 0 Å². The lowest BCUT2D eigenvalue weighted by Gasteiger charge is -2.35. The number of hydrogen-bond acceptors (Lipinski definition) is 6. The molecule has 0 N–H and O–H groups in total. The van der Waals surface area contributed by atoms with E-state index in [0.717, 1.165) is 38.4 Å². The Morgan fingerprint density at radius 2 is 1.44 bits per heavy atom. The summed E-state index contributed by atoms with van der Waals surface area (Å²) in [6.45, 7) is 7.57. The minimum Gasteiger partial charge on any atom is -0.369 e. The van der Waals surface area contributed by atoms with E-state index >= 15 is 0 Å². The number of benzene rings is 2. The Balaban J connectivity index is 1.61. The van der Waals surface area contributed by atoms with Crippen LogP contribution in [0.1, 0.15) is 6.92 Å². The molecule has 7 heteroatoms. The minimum absolute atomic E-state index is 0.0477. The van der Waals surface area contributed by atoms with Crippen molar-refractivity contribution in [3.8, 4) is 0 Å². The largest absolute Gasteiger partial charge is 0.369 e. The van der Waals surface area contributed by atoms with Crippen molar-refractivity contribution >= 4 is 22.7 Å². The molecule has 0 amide bonds. The van der Waals surface area contributed by atoms with E-state index in [4.69, 9.17) is 0 Å². The van der Waals surface area contributed by atoms with E-state index in [0.29, 0.717) is 5.69 Å². The summed E-state index contributed by atoms with van der Waals surface area (Å²) in [5.74, 6) is 0. The number of non-ortho nitro benzene ring substituents is 1. The van der Waals surface area contributed by atoms with Crippen molar-refractivity contribution in [2.75, 3.05) is 37.6 Å². The van der Waals surface area contributed by atoms with Gasteiger partial charge in [0.15, 0.2) is 0 Å². The van der Waals surface area contributed by atoms with Gasteiger partial charge in [0.25, 0.3) is 5.69 Å². The van der Waals surface area contributed by atoms with Crippen molar-refractivity contribution < 1.29 is 4.92 Å². The third-order valence-electron chi connectivity index (χ3n) is 4.38. The molecule has 1 saturated heterocycles. The first-order chi connectivity index (χ1) is 12.2. The van der Waals surface area contributed by atoms with Crippen LogP contribution in [0.5, 0.6) is 0 Å². The number of likely N-dealkylation sites (N-methyl/N-ethyl adjacent to an activating group) is 1. The summed E-state index contributed by atoms with van der Waals surface area (Å²) in [7, 11) is 0. The zero-order valence-corrected chi connectivity index (χ0v) is 14.2. The Morgan fingerprint density at radius 3 is 1.92 bits per heavy atom. The molecule has 0 aromatic heterocycles. The van der Waals surface area contributed by atoms with Crippen molar-refractivity contribution in [1.82, 2.24) is 4.90 Å². The van der Waals surface area contributed by atoms with E-state index in [1.165, 1.54) is 17.8 Å². The maximum atomic E-state index is 10.6. The minimum atomic E-state index is -0.431.